The number of thiocarbonyl (C=S) groups is 1. The molecule has 3 heteroatoms. The molecule has 0 aliphatic carbocycles. The number of aliphatic hydroxyl groups excluding tert-OH is 1. The Morgan fingerprint density at radius 3 is 2.92 bits per heavy atom. The van der Waals surface area contributed by atoms with Crippen LogP contribution in [0, 0.1) is 0 Å². The third-order valence-corrected chi connectivity index (χ3v) is 1.60. The maximum absolute atomic E-state index is 8.59. The van der Waals surface area contributed by atoms with Crippen molar-refractivity contribution in [1.29, 1.82) is 0 Å². The van der Waals surface area contributed by atoms with Gasteiger partial charge in [0, 0.05) is 5.56 Å². The van der Waals surface area contributed by atoms with Crippen molar-refractivity contribution in [3.63, 3.8) is 0 Å². The van der Waals surface area contributed by atoms with Crippen LogP contribution in [0.5, 0.6) is 0 Å². The Morgan fingerprint density at radius 1 is 1.46 bits per heavy atom. The first-order valence-corrected chi connectivity index (χ1v) is 4.23. The highest BCUT2D eigenvalue weighted by Gasteiger charge is 1.93. The van der Waals surface area contributed by atoms with Crippen molar-refractivity contribution in [2.75, 3.05) is 6.61 Å². The van der Waals surface area contributed by atoms with Crippen molar-refractivity contribution in [3.05, 3.63) is 35.9 Å². The third-order valence-electron chi connectivity index (χ3n) is 1.51. The fourth-order valence-corrected chi connectivity index (χ4v) is 1.06. The lowest BCUT2D eigenvalue weighted by molar-refractivity contribution is 0.343. The van der Waals surface area contributed by atoms with E-state index in [4.69, 9.17) is 5.11 Å². The first-order valence-electron chi connectivity index (χ1n) is 3.83. The fourth-order valence-electron chi connectivity index (χ4n) is 0.959. The molecule has 0 heterocycles. The number of para-hydroxylation sites is 1. The van der Waals surface area contributed by atoms with E-state index in [2.05, 4.69) is 22.4 Å². The standard InChI is InChI=1S/C10H9NOS/c12-7-3-5-9-4-1-2-6-10(9)11-8-13/h1-6,12H,7H2/b5-3-. The Bertz CT molecular complexity index is 354. The molecule has 0 bridgehead atoms. The molecule has 1 N–H and O–H groups in total. The van der Waals surface area contributed by atoms with E-state index in [9.17, 15) is 0 Å². The Hall–Kier alpha value is -1.28. The molecule has 13 heavy (non-hydrogen) atoms. The van der Waals surface area contributed by atoms with E-state index < -0.39 is 0 Å². The van der Waals surface area contributed by atoms with Crippen molar-refractivity contribution >= 4 is 29.1 Å². The Balaban J connectivity index is 3.04. The summed E-state index contributed by atoms with van der Waals surface area (Å²) in [5, 5.41) is 10.9. The van der Waals surface area contributed by atoms with Crippen molar-refractivity contribution in [3.8, 4) is 0 Å². The van der Waals surface area contributed by atoms with Crippen LogP contribution in [-0.4, -0.2) is 16.9 Å². The molecule has 66 valence electrons. The predicted octanol–water partition coefficient (Wildman–Crippen LogP) is 2.43. The molecule has 0 unspecified atom stereocenters. The highest BCUT2D eigenvalue weighted by atomic mass is 32.1. The largest absolute Gasteiger partial charge is 0.392 e. The molecule has 0 saturated heterocycles. The number of isothiocyanates is 1. The van der Waals surface area contributed by atoms with Crippen LogP contribution in [-0.2, 0) is 0 Å². The molecule has 0 aliphatic rings. The zero-order valence-electron chi connectivity index (χ0n) is 6.97. The molecule has 1 aromatic rings. The molecule has 0 atom stereocenters. The van der Waals surface area contributed by atoms with Crippen molar-refractivity contribution < 1.29 is 5.11 Å². The molecule has 0 amide bonds. The van der Waals surface area contributed by atoms with Gasteiger partial charge in [-0.3, -0.25) is 0 Å². The number of nitrogens with zero attached hydrogens (tertiary/aromatic N) is 1. The quantitative estimate of drug-likeness (QED) is 0.588. The molecular formula is C10H9NOS. The lowest BCUT2D eigenvalue weighted by Gasteiger charge is -1.96. The molecule has 0 radical (unpaired) electrons. The summed E-state index contributed by atoms with van der Waals surface area (Å²) in [6.07, 6.45) is 3.45. The number of benzene rings is 1. The smallest absolute Gasteiger partial charge is 0.0811 e. The minimum absolute atomic E-state index is 0.0235. The molecule has 0 aromatic heterocycles. The molecule has 1 aromatic carbocycles. The van der Waals surface area contributed by atoms with Gasteiger partial charge >= 0.3 is 0 Å². The summed E-state index contributed by atoms with van der Waals surface area (Å²) in [6, 6.07) is 7.52. The Labute approximate surface area is 82.2 Å². The highest BCUT2D eigenvalue weighted by molar-refractivity contribution is 7.78. The van der Waals surface area contributed by atoms with Crippen LogP contribution in [0.25, 0.3) is 6.08 Å². The molecule has 0 aliphatic heterocycles. The summed E-state index contributed by atoms with van der Waals surface area (Å²) in [5.74, 6) is 0. The summed E-state index contributed by atoms with van der Waals surface area (Å²) in [4.78, 5) is 3.89. The maximum Gasteiger partial charge on any atom is 0.0811 e. The van der Waals surface area contributed by atoms with Gasteiger partial charge in [-0.05, 0) is 18.3 Å². The van der Waals surface area contributed by atoms with E-state index in [0.29, 0.717) is 0 Å². The van der Waals surface area contributed by atoms with Gasteiger partial charge in [0.25, 0.3) is 0 Å². The van der Waals surface area contributed by atoms with Crippen molar-refractivity contribution in [2.45, 2.75) is 0 Å². The average Bonchev–Trinajstić information content (AvgIpc) is 2.17. The van der Waals surface area contributed by atoms with Gasteiger partial charge in [-0.1, -0.05) is 30.4 Å². The van der Waals surface area contributed by atoms with E-state index in [-0.39, 0.29) is 6.61 Å². The molecular weight excluding hydrogens is 182 g/mol. The second-order valence-corrected chi connectivity index (χ2v) is 2.53. The van der Waals surface area contributed by atoms with Crippen LogP contribution in [0.15, 0.2) is 35.3 Å². The predicted molar refractivity (Wildman–Crippen MR) is 57.2 cm³/mol. The minimum Gasteiger partial charge on any atom is -0.392 e. The van der Waals surface area contributed by atoms with Gasteiger partial charge in [0.15, 0.2) is 0 Å². The van der Waals surface area contributed by atoms with Crippen LogP contribution in [0.2, 0.25) is 0 Å². The monoisotopic (exact) mass is 191 g/mol. The topological polar surface area (TPSA) is 32.6 Å². The van der Waals surface area contributed by atoms with Crippen LogP contribution in [0.1, 0.15) is 5.56 Å². The highest BCUT2D eigenvalue weighted by Crippen LogP contribution is 2.18. The summed E-state index contributed by atoms with van der Waals surface area (Å²) in [5.41, 5.74) is 1.69. The minimum atomic E-state index is 0.0235. The fraction of sp³-hybridized carbons (Fsp3) is 0.100. The van der Waals surface area contributed by atoms with Gasteiger partial charge in [-0.2, -0.15) is 4.99 Å². The molecule has 0 spiro atoms. The van der Waals surface area contributed by atoms with Crippen LogP contribution < -0.4 is 0 Å². The molecule has 0 saturated carbocycles. The number of rotatable bonds is 3. The lowest BCUT2D eigenvalue weighted by Crippen LogP contribution is -1.75. The SMILES string of the molecule is OC/C=C\c1ccccc1N=C=S. The van der Waals surface area contributed by atoms with E-state index in [1.54, 1.807) is 12.2 Å². The van der Waals surface area contributed by atoms with E-state index in [1.165, 1.54) is 0 Å². The summed E-state index contributed by atoms with van der Waals surface area (Å²) in [6.45, 7) is 0.0235. The lowest BCUT2D eigenvalue weighted by atomic mass is 10.1. The summed E-state index contributed by atoms with van der Waals surface area (Å²) < 4.78 is 0. The zero-order valence-corrected chi connectivity index (χ0v) is 7.79. The molecule has 1 rings (SSSR count). The third kappa shape index (κ3) is 2.92. The zero-order chi connectivity index (χ0) is 9.52. The average molecular weight is 191 g/mol. The van der Waals surface area contributed by atoms with Crippen LogP contribution >= 0.6 is 12.2 Å². The van der Waals surface area contributed by atoms with Gasteiger partial charge in [0.1, 0.15) is 0 Å². The number of aliphatic hydroxyl groups is 1. The van der Waals surface area contributed by atoms with E-state index in [1.807, 2.05) is 24.3 Å². The second-order valence-electron chi connectivity index (χ2n) is 2.35. The van der Waals surface area contributed by atoms with Crippen molar-refractivity contribution in [2.24, 2.45) is 4.99 Å². The first kappa shape index (κ1) is 9.81. The van der Waals surface area contributed by atoms with E-state index >= 15 is 0 Å². The van der Waals surface area contributed by atoms with Gasteiger partial charge in [0.2, 0.25) is 0 Å². The molecule has 2 nitrogen and oxygen atoms in total. The van der Waals surface area contributed by atoms with Gasteiger partial charge < -0.3 is 5.11 Å². The van der Waals surface area contributed by atoms with E-state index in [0.717, 1.165) is 11.3 Å². The molecule has 0 fully saturated rings. The second kappa shape index (κ2) is 5.38. The number of hydrogen-bond acceptors (Lipinski definition) is 3. The summed E-state index contributed by atoms with van der Waals surface area (Å²) >= 11 is 4.52. The van der Waals surface area contributed by atoms with Crippen LogP contribution in [0.3, 0.4) is 0 Å². The maximum atomic E-state index is 8.59. The van der Waals surface area contributed by atoms with Crippen molar-refractivity contribution in [1.82, 2.24) is 0 Å². The first-order chi connectivity index (χ1) is 6.38. The van der Waals surface area contributed by atoms with Gasteiger partial charge in [0.05, 0.1) is 17.5 Å². The Kier molecular flexibility index (Phi) is 4.06. The summed E-state index contributed by atoms with van der Waals surface area (Å²) in [7, 11) is 0. The van der Waals surface area contributed by atoms with Crippen LogP contribution in [0.4, 0.5) is 5.69 Å². The van der Waals surface area contributed by atoms with Gasteiger partial charge in [-0.15, -0.1) is 0 Å². The number of aliphatic imine (C=N–C) groups is 1. The number of hydrogen-bond donors (Lipinski definition) is 1. The normalized spacial score (nSPS) is 9.92. The Morgan fingerprint density at radius 2 is 2.23 bits per heavy atom. The van der Waals surface area contributed by atoms with Gasteiger partial charge in [-0.25, -0.2) is 0 Å².